The molecule has 34 heavy (non-hydrogen) atoms. The first-order valence-corrected chi connectivity index (χ1v) is 10.7. The Kier molecular flexibility index (Phi) is 5.72. The van der Waals surface area contributed by atoms with Gasteiger partial charge in [-0.15, -0.1) is 0 Å². The molecule has 10 heteroatoms. The fourth-order valence-electron chi connectivity index (χ4n) is 3.50. The third kappa shape index (κ3) is 4.48. The van der Waals surface area contributed by atoms with E-state index in [-0.39, 0.29) is 5.56 Å². The first kappa shape index (κ1) is 21.3. The molecule has 0 bridgehead atoms. The number of fused-ring (bicyclic) bond motifs is 1. The molecule has 2 aromatic carbocycles. The van der Waals surface area contributed by atoms with Gasteiger partial charge in [0, 0.05) is 23.0 Å². The Morgan fingerprint density at radius 3 is 2.59 bits per heavy atom. The largest absolute Gasteiger partial charge is 0.439 e. The fraction of sp³-hybridized carbons (Fsp3) is 0.0833. The number of ether oxygens (including phenoxy) is 1. The highest BCUT2D eigenvalue weighted by molar-refractivity contribution is 6.30. The van der Waals surface area contributed by atoms with E-state index in [1.165, 1.54) is 6.20 Å². The molecule has 1 aliphatic rings. The highest BCUT2D eigenvalue weighted by Gasteiger charge is 2.21. The van der Waals surface area contributed by atoms with Gasteiger partial charge in [0.25, 0.3) is 5.56 Å². The van der Waals surface area contributed by atoms with E-state index in [9.17, 15) is 4.79 Å². The van der Waals surface area contributed by atoms with Crippen LogP contribution >= 0.6 is 11.6 Å². The zero-order valence-corrected chi connectivity index (χ0v) is 18.5. The molecular formula is C24H18ClN7O2. The third-order valence-corrected chi connectivity index (χ3v) is 5.41. The van der Waals surface area contributed by atoms with Crippen molar-refractivity contribution in [3.05, 3.63) is 93.4 Å². The second-order valence-corrected chi connectivity index (χ2v) is 7.89. The maximum Gasteiger partial charge on any atom is 0.300 e. The minimum atomic E-state index is -0.346. The lowest BCUT2D eigenvalue weighted by molar-refractivity contribution is 0.463. The summed E-state index contributed by atoms with van der Waals surface area (Å²) in [5, 5.41) is 19.0. The molecule has 9 nitrogen and oxygen atoms in total. The molecule has 0 radical (unpaired) electrons. The van der Waals surface area contributed by atoms with Gasteiger partial charge in [-0.25, -0.2) is 4.98 Å². The fourth-order valence-corrected chi connectivity index (χ4v) is 3.62. The van der Waals surface area contributed by atoms with Crippen molar-refractivity contribution in [1.82, 2.24) is 14.5 Å². The molecule has 0 saturated heterocycles. The summed E-state index contributed by atoms with van der Waals surface area (Å²) in [4.78, 5) is 20.9. The molecule has 3 N–H and O–H groups in total. The monoisotopic (exact) mass is 471 g/mol. The number of hydrogen-bond donors (Lipinski definition) is 3. The lowest BCUT2D eigenvalue weighted by Crippen LogP contribution is -2.19. The van der Waals surface area contributed by atoms with Gasteiger partial charge in [0.05, 0.1) is 18.8 Å². The van der Waals surface area contributed by atoms with Gasteiger partial charge in [0.2, 0.25) is 11.8 Å². The van der Waals surface area contributed by atoms with E-state index < -0.39 is 0 Å². The van der Waals surface area contributed by atoms with Crippen molar-refractivity contribution < 1.29 is 4.74 Å². The first-order valence-electron chi connectivity index (χ1n) is 10.4. The van der Waals surface area contributed by atoms with Crippen molar-refractivity contribution in [2.75, 3.05) is 22.6 Å². The van der Waals surface area contributed by atoms with Crippen molar-refractivity contribution in [2.24, 2.45) is 0 Å². The normalized spacial score (nSPS) is 11.6. The lowest BCUT2D eigenvalue weighted by atomic mass is 10.2. The highest BCUT2D eigenvalue weighted by Crippen LogP contribution is 2.28. The highest BCUT2D eigenvalue weighted by atomic mass is 35.5. The molecule has 3 heterocycles. The molecule has 0 fully saturated rings. The standard InChI is InChI=1S/C24H18ClN7O2/c25-17-4-1-15(2-5-17)13-32-22-21(28-14-29-22)23(33)31-24(32)30-18-6-8-19(9-7-18)34-20-10-3-16(11-26)12-27-20/h1-10,12,28-29H,13-14H2,(H,30,31,33). The van der Waals surface area contributed by atoms with Gasteiger partial charge in [0.1, 0.15) is 23.3 Å². The van der Waals surface area contributed by atoms with E-state index in [4.69, 9.17) is 21.6 Å². The van der Waals surface area contributed by atoms with Gasteiger partial charge in [-0.2, -0.15) is 10.2 Å². The zero-order chi connectivity index (χ0) is 23.5. The topological polar surface area (TPSA) is 117 Å². The maximum atomic E-state index is 12.5. The number of hydrogen-bond acceptors (Lipinski definition) is 8. The third-order valence-electron chi connectivity index (χ3n) is 5.16. The lowest BCUT2D eigenvalue weighted by Gasteiger charge is -2.18. The summed E-state index contributed by atoms with van der Waals surface area (Å²) in [6, 6.07) is 20.0. The summed E-state index contributed by atoms with van der Waals surface area (Å²) in [7, 11) is 0. The summed E-state index contributed by atoms with van der Waals surface area (Å²) in [5.74, 6) is 2.03. The van der Waals surface area contributed by atoms with Crippen molar-refractivity contribution in [2.45, 2.75) is 6.54 Å². The Morgan fingerprint density at radius 2 is 1.88 bits per heavy atom. The second kappa shape index (κ2) is 9.13. The van der Waals surface area contributed by atoms with Crippen LogP contribution in [0.2, 0.25) is 5.02 Å². The summed E-state index contributed by atoms with van der Waals surface area (Å²) >= 11 is 6.02. The summed E-state index contributed by atoms with van der Waals surface area (Å²) in [6.45, 7) is 0.932. The van der Waals surface area contributed by atoms with E-state index in [1.807, 2.05) is 47.0 Å². The van der Waals surface area contributed by atoms with E-state index in [1.54, 1.807) is 24.3 Å². The number of nitrogens with zero attached hydrogens (tertiary/aromatic N) is 4. The number of nitrogens with one attached hydrogen (secondary N) is 3. The average molecular weight is 472 g/mol. The van der Waals surface area contributed by atoms with E-state index in [0.717, 1.165) is 11.3 Å². The van der Waals surface area contributed by atoms with Crippen LogP contribution in [0.25, 0.3) is 0 Å². The molecule has 0 atom stereocenters. The Bertz CT molecular complexity index is 1430. The van der Waals surface area contributed by atoms with Crippen LogP contribution < -0.4 is 26.2 Å². The minimum Gasteiger partial charge on any atom is -0.439 e. The Morgan fingerprint density at radius 1 is 1.09 bits per heavy atom. The molecule has 5 rings (SSSR count). The quantitative estimate of drug-likeness (QED) is 0.375. The summed E-state index contributed by atoms with van der Waals surface area (Å²) in [6.07, 6.45) is 1.45. The van der Waals surface area contributed by atoms with Crippen molar-refractivity contribution in [3.8, 4) is 17.7 Å². The molecule has 168 valence electrons. The van der Waals surface area contributed by atoms with Crippen LogP contribution in [0.3, 0.4) is 0 Å². The van der Waals surface area contributed by atoms with E-state index in [2.05, 4.69) is 25.9 Å². The van der Waals surface area contributed by atoms with E-state index in [0.29, 0.717) is 52.9 Å². The smallest absolute Gasteiger partial charge is 0.300 e. The molecular weight excluding hydrogens is 454 g/mol. The number of nitriles is 1. The molecule has 4 aromatic rings. The van der Waals surface area contributed by atoms with Gasteiger partial charge in [-0.05, 0) is 48.0 Å². The zero-order valence-electron chi connectivity index (χ0n) is 17.7. The maximum absolute atomic E-state index is 12.5. The number of pyridine rings is 1. The molecule has 0 amide bonds. The van der Waals surface area contributed by atoms with Gasteiger partial charge < -0.3 is 20.7 Å². The van der Waals surface area contributed by atoms with Gasteiger partial charge >= 0.3 is 0 Å². The molecule has 0 spiro atoms. The Labute approximate surface area is 199 Å². The predicted octanol–water partition coefficient (Wildman–Crippen LogP) is 4.54. The minimum absolute atomic E-state index is 0.346. The van der Waals surface area contributed by atoms with Gasteiger partial charge in [0.15, 0.2) is 0 Å². The van der Waals surface area contributed by atoms with Crippen LogP contribution in [0.15, 0.2) is 71.7 Å². The Balaban J connectivity index is 1.40. The molecule has 0 saturated carbocycles. The number of rotatable bonds is 6. The first-order chi connectivity index (χ1) is 16.6. The van der Waals surface area contributed by atoms with Crippen molar-refractivity contribution in [3.63, 3.8) is 0 Å². The van der Waals surface area contributed by atoms with Crippen LogP contribution in [0.1, 0.15) is 11.1 Å². The number of benzene rings is 2. The second-order valence-electron chi connectivity index (χ2n) is 7.46. The molecule has 0 unspecified atom stereocenters. The van der Waals surface area contributed by atoms with Crippen molar-refractivity contribution in [1.29, 1.82) is 5.26 Å². The molecule has 0 aliphatic carbocycles. The number of aromatic nitrogens is 3. The number of halogens is 1. The van der Waals surface area contributed by atoms with E-state index >= 15 is 0 Å². The van der Waals surface area contributed by atoms with Crippen LogP contribution in [0.5, 0.6) is 11.6 Å². The molecule has 1 aliphatic heterocycles. The average Bonchev–Trinajstić information content (AvgIpc) is 3.35. The van der Waals surface area contributed by atoms with Crippen molar-refractivity contribution >= 4 is 34.7 Å². The predicted molar refractivity (Wildman–Crippen MR) is 130 cm³/mol. The Hall–Kier alpha value is -4.55. The van der Waals surface area contributed by atoms with Gasteiger partial charge in [-0.3, -0.25) is 9.36 Å². The SMILES string of the molecule is N#Cc1ccc(Oc2ccc(Nc3nc(=O)c4c(n3Cc3ccc(Cl)cc3)NCN4)cc2)nc1. The summed E-state index contributed by atoms with van der Waals surface area (Å²) in [5.41, 5.74) is 2.29. The summed E-state index contributed by atoms with van der Waals surface area (Å²) < 4.78 is 7.63. The van der Waals surface area contributed by atoms with Gasteiger partial charge in [-0.1, -0.05) is 23.7 Å². The van der Waals surface area contributed by atoms with Crippen LogP contribution in [-0.2, 0) is 6.54 Å². The van der Waals surface area contributed by atoms with Crippen LogP contribution in [-0.4, -0.2) is 21.2 Å². The molecule has 2 aromatic heterocycles. The van der Waals surface area contributed by atoms with Crippen LogP contribution in [0.4, 0.5) is 23.1 Å². The van der Waals surface area contributed by atoms with Crippen LogP contribution in [0, 0.1) is 11.3 Å². The number of anilines is 4.